The van der Waals surface area contributed by atoms with Crippen molar-refractivity contribution >= 4 is 11.9 Å². The fourth-order valence-electron chi connectivity index (χ4n) is 2.54. The molecule has 0 bridgehead atoms. The van der Waals surface area contributed by atoms with E-state index in [1.54, 1.807) is 0 Å². The number of hydrogen-bond acceptors (Lipinski definition) is 7. The molecule has 1 aromatic rings. The highest BCUT2D eigenvalue weighted by Crippen LogP contribution is 2.30. The molecule has 1 aliphatic rings. The first-order chi connectivity index (χ1) is 9.62. The van der Waals surface area contributed by atoms with Gasteiger partial charge in [0.1, 0.15) is 0 Å². The molecule has 4 N–H and O–H groups in total. The molecule has 1 aliphatic carbocycles. The summed E-state index contributed by atoms with van der Waals surface area (Å²) in [7, 11) is 0. The topological polar surface area (TPSA) is 98.0 Å². The molecule has 112 valence electrons. The third-order valence-corrected chi connectivity index (χ3v) is 3.95. The molecule has 0 saturated heterocycles. The van der Waals surface area contributed by atoms with Crippen LogP contribution in [-0.2, 0) is 0 Å². The Morgan fingerprint density at radius 3 is 2.55 bits per heavy atom. The van der Waals surface area contributed by atoms with Gasteiger partial charge in [0.2, 0.25) is 11.9 Å². The van der Waals surface area contributed by atoms with Crippen molar-refractivity contribution in [3.63, 3.8) is 0 Å². The summed E-state index contributed by atoms with van der Waals surface area (Å²) in [5.41, 5.74) is 2.44. The molecule has 2 rings (SSSR count). The first-order valence-corrected chi connectivity index (χ1v) is 7.24. The number of nitrogen functional groups attached to an aromatic ring is 1. The molecule has 0 radical (unpaired) electrons. The highest BCUT2D eigenvalue weighted by atomic mass is 16.5. The van der Waals surface area contributed by atoms with Crippen LogP contribution >= 0.6 is 0 Å². The van der Waals surface area contributed by atoms with Gasteiger partial charge in [-0.3, -0.25) is 5.43 Å². The fourth-order valence-corrected chi connectivity index (χ4v) is 2.54. The van der Waals surface area contributed by atoms with E-state index in [4.69, 9.17) is 10.6 Å². The number of hydrazine groups is 1. The minimum absolute atomic E-state index is 0.287. The molecule has 1 saturated carbocycles. The minimum atomic E-state index is 0.287. The third-order valence-electron chi connectivity index (χ3n) is 3.95. The van der Waals surface area contributed by atoms with Gasteiger partial charge >= 0.3 is 6.01 Å². The lowest BCUT2D eigenvalue weighted by atomic mass is 9.79. The van der Waals surface area contributed by atoms with E-state index in [1.807, 2.05) is 6.92 Å². The van der Waals surface area contributed by atoms with Crippen molar-refractivity contribution in [2.24, 2.45) is 17.7 Å². The van der Waals surface area contributed by atoms with Gasteiger partial charge in [-0.05, 0) is 38.0 Å². The number of nitrogens with zero attached hydrogens (tertiary/aromatic N) is 3. The first kappa shape index (κ1) is 14.8. The Balaban J connectivity index is 2.06. The number of hydrogen-bond donors (Lipinski definition) is 3. The van der Waals surface area contributed by atoms with Crippen LogP contribution in [-0.4, -0.2) is 27.6 Å². The van der Waals surface area contributed by atoms with Gasteiger partial charge in [-0.2, -0.15) is 15.0 Å². The molecule has 1 fully saturated rings. The SMILES string of the molecule is CCOc1nc(NN)nc(NC2CCC(C)C(C)C2)n1. The second kappa shape index (κ2) is 6.69. The molecule has 0 spiro atoms. The Bertz CT molecular complexity index is 441. The average Bonchev–Trinajstić information content (AvgIpc) is 2.43. The van der Waals surface area contributed by atoms with E-state index < -0.39 is 0 Å². The van der Waals surface area contributed by atoms with Crippen LogP contribution in [0, 0.1) is 11.8 Å². The average molecular weight is 280 g/mol. The number of anilines is 2. The maximum atomic E-state index is 5.37. The zero-order valence-corrected chi connectivity index (χ0v) is 12.4. The maximum absolute atomic E-state index is 5.37. The van der Waals surface area contributed by atoms with Crippen molar-refractivity contribution in [2.45, 2.75) is 46.1 Å². The van der Waals surface area contributed by atoms with E-state index in [0.29, 0.717) is 30.5 Å². The van der Waals surface area contributed by atoms with Crippen molar-refractivity contribution in [3.05, 3.63) is 0 Å². The predicted molar refractivity (Wildman–Crippen MR) is 78.4 cm³/mol. The number of nitrogens with one attached hydrogen (secondary N) is 2. The van der Waals surface area contributed by atoms with E-state index >= 15 is 0 Å². The van der Waals surface area contributed by atoms with Crippen LogP contribution in [0.5, 0.6) is 6.01 Å². The van der Waals surface area contributed by atoms with Crippen LogP contribution < -0.4 is 21.3 Å². The monoisotopic (exact) mass is 280 g/mol. The van der Waals surface area contributed by atoms with Crippen LogP contribution in [0.1, 0.15) is 40.0 Å². The molecule has 0 amide bonds. The van der Waals surface area contributed by atoms with Gasteiger partial charge in [-0.15, -0.1) is 0 Å². The summed E-state index contributed by atoms with van der Waals surface area (Å²) in [6.45, 7) is 7.00. The minimum Gasteiger partial charge on any atom is -0.464 e. The predicted octanol–water partition coefficient (Wildman–Crippen LogP) is 1.79. The lowest BCUT2D eigenvalue weighted by Crippen LogP contribution is -2.31. The second-order valence-corrected chi connectivity index (χ2v) is 5.45. The van der Waals surface area contributed by atoms with Crippen LogP contribution in [0.2, 0.25) is 0 Å². The molecule has 1 heterocycles. The van der Waals surface area contributed by atoms with E-state index in [-0.39, 0.29) is 6.01 Å². The smallest absolute Gasteiger partial charge is 0.323 e. The standard InChI is InChI=1S/C13H24N6O/c1-4-20-13-17-11(16-12(18-13)19-14)15-10-6-5-8(2)9(3)7-10/h8-10H,4-7,14H2,1-3H3,(H2,15,16,17,18,19). The van der Waals surface area contributed by atoms with Crippen molar-refractivity contribution in [2.75, 3.05) is 17.3 Å². The zero-order chi connectivity index (χ0) is 14.5. The van der Waals surface area contributed by atoms with Gasteiger partial charge in [0, 0.05) is 6.04 Å². The van der Waals surface area contributed by atoms with E-state index in [0.717, 1.165) is 18.8 Å². The van der Waals surface area contributed by atoms with Crippen molar-refractivity contribution < 1.29 is 4.74 Å². The number of nitrogens with two attached hydrogens (primary N) is 1. The Kier molecular flexibility index (Phi) is 4.94. The Morgan fingerprint density at radius 1 is 1.15 bits per heavy atom. The molecule has 7 nitrogen and oxygen atoms in total. The summed E-state index contributed by atoms with van der Waals surface area (Å²) in [4.78, 5) is 12.5. The molecule has 20 heavy (non-hydrogen) atoms. The van der Waals surface area contributed by atoms with Gasteiger partial charge < -0.3 is 10.1 Å². The van der Waals surface area contributed by atoms with Crippen molar-refractivity contribution in [3.8, 4) is 6.01 Å². The maximum Gasteiger partial charge on any atom is 0.323 e. The lowest BCUT2D eigenvalue weighted by molar-refractivity contribution is 0.260. The molecule has 3 unspecified atom stereocenters. The van der Waals surface area contributed by atoms with Gasteiger partial charge in [0.15, 0.2) is 0 Å². The van der Waals surface area contributed by atoms with Crippen molar-refractivity contribution in [1.82, 2.24) is 15.0 Å². The number of rotatable bonds is 5. The summed E-state index contributed by atoms with van der Waals surface area (Å²) in [6.07, 6.45) is 3.49. The fraction of sp³-hybridized carbons (Fsp3) is 0.769. The molecule has 3 atom stereocenters. The molecular formula is C13H24N6O. The number of ether oxygens (including phenoxy) is 1. The zero-order valence-electron chi connectivity index (χ0n) is 12.4. The highest BCUT2D eigenvalue weighted by Gasteiger charge is 2.25. The second-order valence-electron chi connectivity index (χ2n) is 5.45. The van der Waals surface area contributed by atoms with Crippen LogP contribution in [0.15, 0.2) is 0 Å². The van der Waals surface area contributed by atoms with Crippen LogP contribution in [0.25, 0.3) is 0 Å². The van der Waals surface area contributed by atoms with Gasteiger partial charge in [0.05, 0.1) is 6.61 Å². The Labute approximate surface area is 119 Å². The van der Waals surface area contributed by atoms with Crippen molar-refractivity contribution in [1.29, 1.82) is 0 Å². The Hall–Kier alpha value is -1.63. The van der Waals surface area contributed by atoms with E-state index in [1.165, 1.54) is 6.42 Å². The summed E-state index contributed by atoms with van der Waals surface area (Å²) in [5.74, 6) is 7.69. The van der Waals surface area contributed by atoms with E-state index in [2.05, 4.69) is 39.5 Å². The normalized spacial score (nSPS) is 26.1. The van der Waals surface area contributed by atoms with Gasteiger partial charge in [-0.25, -0.2) is 5.84 Å². The van der Waals surface area contributed by atoms with Gasteiger partial charge in [-0.1, -0.05) is 13.8 Å². The first-order valence-electron chi connectivity index (χ1n) is 7.24. The third kappa shape index (κ3) is 3.69. The summed E-state index contributed by atoms with van der Waals surface area (Å²) < 4.78 is 5.32. The summed E-state index contributed by atoms with van der Waals surface area (Å²) >= 11 is 0. The molecule has 0 aliphatic heterocycles. The summed E-state index contributed by atoms with van der Waals surface area (Å²) in [5, 5.41) is 3.37. The highest BCUT2D eigenvalue weighted by molar-refractivity contribution is 5.35. The molecule has 0 aromatic carbocycles. The van der Waals surface area contributed by atoms with Crippen LogP contribution in [0.4, 0.5) is 11.9 Å². The molecule has 7 heteroatoms. The molecule has 1 aromatic heterocycles. The quantitative estimate of drug-likeness (QED) is 0.558. The summed E-state index contributed by atoms with van der Waals surface area (Å²) in [6, 6.07) is 0.680. The van der Waals surface area contributed by atoms with Crippen LogP contribution in [0.3, 0.4) is 0 Å². The lowest BCUT2D eigenvalue weighted by Gasteiger charge is -2.32. The molecular weight excluding hydrogens is 256 g/mol. The van der Waals surface area contributed by atoms with E-state index in [9.17, 15) is 0 Å². The Morgan fingerprint density at radius 2 is 1.90 bits per heavy atom. The van der Waals surface area contributed by atoms with Gasteiger partial charge in [0.25, 0.3) is 0 Å². The largest absolute Gasteiger partial charge is 0.464 e. The number of aromatic nitrogens is 3.